The minimum absolute atomic E-state index is 0.104. The van der Waals surface area contributed by atoms with Crippen LogP contribution in [0.1, 0.15) is 41.6 Å². The molecule has 6 heteroatoms. The van der Waals surface area contributed by atoms with Crippen molar-refractivity contribution in [2.24, 2.45) is 11.8 Å². The van der Waals surface area contributed by atoms with Crippen molar-refractivity contribution >= 4 is 17.9 Å². The Bertz CT molecular complexity index is 1220. The van der Waals surface area contributed by atoms with Crippen LogP contribution < -0.4 is 0 Å². The summed E-state index contributed by atoms with van der Waals surface area (Å²) in [4.78, 5) is 37.2. The van der Waals surface area contributed by atoms with Crippen LogP contribution in [0.25, 0.3) is 11.1 Å². The van der Waals surface area contributed by atoms with Crippen LogP contribution in [0.5, 0.6) is 0 Å². The molecule has 1 aliphatic carbocycles. The molecule has 0 unspecified atom stereocenters. The summed E-state index contributed by atoms with van der Waals surface area (Å²) in [6.07, 6.45) is 1.67. The molecule has 3 aromatic carbocycles. The molecule has 0 bridgehead atoms. The summed E-state index contributed by atoms with van der Waals surface area (Å²) in [7, 11) is 0. The molecule has 0 aromatic heterocycles. The van der Waals surface area contributed by atoms with E-state index in [2.05, 4.69) is 0 Å². The normalized spacial score (nSPS) is 22.2. The van der Waals surface area contributed by atoms with Gasteiger partial charge in [-0.2, -0.15) is 0 Å². The van der Waals surface area contributed by atoms with Gasteiger partial charge in [-0.3, -0.25) is 9.59 Å². The molecule has 2 aliphatic rings. The molecule has 1 aliphatic heterocycles. The first-order valence-electron chi connectivity index (χ1n) is 12.8. The number of ether oxygens (including phenoxy) is 3. The topological polar surface area (TPSA) is 78.9 Å². The maximum Gasteiger partial charge on any atom is 0.338 e. The molecule has 190 valence electrons. The first-order chi connectivity index (χ1) is 18.1. The molecule has 6 nitrogen and oxygen atoms in total. The zero-order chi connectivity index (χ0) is 25.6. The van der Waals surface area contributed by atoms with Crippen molar-refractivity contribution in [2.45, 2.75) is 44.3 Å². The Hall–Kier alpha value is -3.93. The summed E-state index contributed by atoms with van der Waals surface area (Å²) in [6.45, 7) is 0.104. The van der Waals surface area contributed by atoms with Gasteiger partial charge in [-0.05, 0) is 41.7 Å². The van der Waals surface area contributed by atoms with Crippen molar-refractivity contribution in [3.63, 3.8) is 0 Å². The quantitative estimate of drug-likeness (QED) is 0.291. The molecular weight excluding hydrogens is 468 g/mol. The molecule has 1 saturated heterocycles. The first-order valence-corrected chi connectivity index (χ1v) is 12.8. The highest BCUT2D eigenvalue weighted by Crippen LogP contribution is 2.43. The maximum atomic E-state index is 13.0. The van der Waals surface area contributed by atoms with Crippen molar-refractivity contribution in [3.05, 3.63) is 96.1 Å². The maximum absolute atomic E-state index is 13.0. The van der Waals surface area contributed by atoms with Gasteiger partial charge in [-0.15, -0.1) is 0 Å². The van der Waals surface area contributed by atoms with Gasteiger partial charge < -0.3 is 14.2 Å². The number of fused-ring (bicyclic) bond motifs is 1. The van der Waals surface area contributed by atoms with Gasteiger partial charge in [0, 0.05) is 24.7 Å². The van der Waals surface area contributed by atoms with E-state index in [-0.39, 0.29) is 42.9 Å². The van der Waals surface area contributed by atoms with E-state index >= 15 is 0 Å². The van der Waals surface area contributed by atoms with Crippen LogP contribution in [0.3, 0.4) is 0 Å². The van der Waals surface area contributed by atoms with Crippen LogP contribution in [0.15, 0.2) is 84.9 Å². The van der Waals surface area contributed by atoms with Crippen LogP contribution in [0.2, 0.25) is 0 Å². The van der Waals surface area contributed by atoms with Crippen LogP contribution in [0, 0.1) is 11.8 Å². The fourth-order valence-electron chi connectivity index (χ4n) is 5.30. The van der Waals surface area contributed by atoms with Crippen molar-refractivity contribution in [3.8, 4) is 11.1 Å². The second-order valence-corrected chi connectivity index (χ2v) is 9.71. The molecule has 5 rings (SSSR count). The van der Waals surface area contributed by atoms with Gasteiger partial charge in [-0.25, -0.2) is 4.79 Å². The summed E-state index contributed by atoms with van der Waals surface area (Å²) in [5, 5.41) is 0. The predicted molar refractivity (Wildman–Crippen MR) is 138 cm³/mol. The van der Waals surface area contributed by atoms with Crippen molar-refractivity contribution in [1.29, 1.82) is 0 Å². The van der Waals surface area contributed by atoms with E-state index in [0.29, 0.717) is 24.8 Å². The average molecular weight is 499 g/mol. The van der Waals surface area contributed by atoms with E-state index < -0.39 is 12.1 Å². The molecule has 3 aromatic rings. The van der Waals surface area contributed by atoms with Gasteiger partial charge in [0.15, 0.2) is 0 Å². The first kappa shape index (κ1) is 24.8. The van der Waals surface area contributed by atoms with E-state index in [4.69, 9.17) is 14.2 Å². The fourth-order valence-corrected chi connectivity index (χ4v) is 5.30. The Kier molecular flexibility index (Phi) is 7.64. The predicted octanol–water partition coefficient (Wildman–Crippen LogP) is 5.40. The van der Waals surface area contributed by atoms with E-state index in [0.717, 1.165) is 17.5 Å². The molecule has 1 saturated carbocycles. The molecular formula is C31H30O6. The van der Waals surface area contributed by atoms with Crippen LogP contribution >= 0.6 is 0 Å². The number of esters is 3. The highest BCUT2D eigenvalue weighted by molar-refractivity contribution is 5.90. The monoisotopic (exact) mass is 498 g/mol. The van der Waals surface area contributed by atoms with Crippen LogP contribution in [-0.4, -0.2) is 36.7 Å². The lowest BCUT2D eigenvalue weighted by Crippen LogP contribution is -2.30. The number of benzene rings is 3. The third kappa shape index (κ3) is 6.08. The van der Waals surface area contributed by atoms with Crippen molar-refractivity contribution < 1.29 is 28.6 Å². The number of hydrogen-bond donors (Lipinski definition) is 0. The van der Waals surface area contributed by atoms with Crippen LogP contribution in [0.4, 0.5) is 0 Å². The molecule has 0 amide bonds. The van der Waals surface area contributed by atoms with E-state index in [1.54, 1.807) is 12.1 Å². The van der Waals surface area contributed by atoms with E-state index in [1.807, 2.05) is 72.8 Å². The average Bonchev–Trinajstić information content (AvgIpc) is 3.43. The molecule has 0 spiro atoms. The third-order valence-corrected chi connectivity index (χ3v) is 7.27. The summed E-state index contributed by atoms with van der Waals surface area (Å²) in [6, 6.07) is 27.2. The van der Waals surface area contributed by atoms with Gasteiger partial charge in [-0.1, -0.05) is 72.8 Å². The SMILES string of the molecule is O=C(CCCc1ccccc1)OC[C@H]1[C@@H]2CC(=O)O[C@@H]2C[C@@H]1OC(=O)c1ccc(-c2ccccc2)cc1. The van der Waals surface area contributed by atoms with Gasteiger partial charge in [0.2, 0.25) is 0 Å². The summed E-state index contributed by atoms with van der Waals surface area (Å²) >= 11 is 0. The smallest absolute Gasteiger partial charge is 0.338 e. The second kappa shape index (κ2) is 11.4. The minimum atomic E-state index is -0.485. The number of hydrogen-bond acceptors (Lipinski definition) is 6. The fraction of sp³-hybridized carbons (Fsp3) is 0.323. The molecule has 1 heterocycles. The number of carbonyl (C=O) groups excluding carboxylic acids is 3. The van der Waals surface area contributed by atoms with Crippen molar-refractivity contribution in [1.82, 2.24) is 0 Å². The second-order valence-electron chi connectivity index (χ2n) is 9.71. The number of rotatable bonds is 9. The Labute approximate surface area is 216 Å². The van der Waals surface area contributed by atoms with Gasteiger partial charge >= 0.3 is 17.9 Å². The van der Waals surface area contributed by atoms with Crippen LogP contribution in [-0.2, 0) is 30.2 Å². The number of carbonyl (C=O) groups is 3. The minimum Gasteiger partial charge on any atom is -0.465 e. The summed E-state index contributed by atoms with van der Waals surface area (Å²) in [5.74, 6) is -1.37. The molecule has 37 heavy (non-hydrogen) atoms. The zero-order valence-electron chi connectivity index (χ0n) is 20.6. The molecule has 0 radical (unpaired) electrons. The van der Waals surface area contributed by atoms with Gasteiger partial charge in [0.25, 0.3) is 0 Å². The van der Waals surface area contributed by atoms with Crippen molar-refractivity contribution in [2.75, 3.05) is 6.61 Å². The Balaban J connectivity index is 1.17. The highest BCUT2D eigenvalue weighted by atomic mass is 16.6. The Morgan fingerprint density at radius 3 is 2.27 bits per heavy atom. The Morgan fingerprint density at radius 2 is 1.54 bits per heavy atom. The number of aryl methyl sites for hydroxylation is 1. The largest absolute Gasteiger partial charge is 0.465 e. The standard InChI is InChI=1S/C31H30O6/c32-29(13-7-10-21-8-3-1-4-9-21)35-20-26-25-18-30(33)36-27(25)19-28(26)37-31(34)24-16-14-23(15-17-24)22-11-5-2-6-12-22/h1-6,8-9,11-12,14-17,25-28H,7,10,13,18-20H2/t25-,26-,27+,28-/m0/s1. The third-order valence-electron chi connectivity index (χ3n) is 7.27. The molecule has 4 atom stereocenters. The summed E-state index contributed by atoms with van der Waals surface area (Å²) in [5.41, 5.74) is 3.71. The Morgan fingerprint density at radius 1 is 0.865 bits per heavy atom. The van der Waals surface area contributed by atoms with Gasteiger partial charge in [0.1, 0.15) is 12.2 Å². The lowest BCUT2D eigenvalue weighted by Gasteiger charge is -2.23. The highest BCUT2D eigenvalue weighted by Gasteiger charge is 2.52. The van der Waals surface area contributed by atoms with Gasteiger partial charge in [0.05, 0.1) is 18.6 Å². The van der Waals surface area contributed by atoms with E-state index in [9.17, 15) is 14.4 Å². The lowest BCUT2D eigenvalue weighted by molar-refractivity contribution is -0.146. The molecule has 0 N–H and O–H groups in total. The molecule has 2 fully saturated rings. The zero-order valence-corrected chi connectivity index (χ0v) is 20.6. The van der Waals surface area contributed by atoms with E-state index in [1.165, 1.54) is 5.56 Å². The lowest BCUT2D eigenvalue weighted by atomic mass is 9.93. The summed E-state index contributed by atoms with van der Waals surface area (Å²) < 4.78 is 16.9.